The highest BCUT2D eigenvalue weighted by atomic mass is 16.1. The number of anilines is 2. The summed E-state index contributed by atoms with van der Waals surface area (Å²) in [5.74, 6) is 2.22. The van der Waals surface area contributed by atoms with Crippen molar-refractivity contribution in [3.8, 4) is 6.07 Å². The van der Waals surface area contributed by atoms with Crippen LogP contribution in [0.5, 0.6) is 0 Å². The molecule has 1 fully saturated rings. The molecule has 0 spiro atoms. The molecule has 1 heterocycles. The van der Waals surface area contributed by atoms with Crippen LogP contribution in [0.25, 0.3) is 0 Å². The fraction of sp³-hybridized carbons (Fsp3) is 0.520. The van der Waals surface area contributed by atoms with E-state index in [0.29, 0.717) is 29.6 Å². The van der Waals surface area contributed by atoms with Gasteiger partial charge in [-0.05, 0) is 81.5 Å². The highest BCUT2D eigenvalue weighted by Crippen LogP contribution is 2.30. The molecule has 4 rings (SSSR count). The fourth-order valence-corrected chi connectivity index (χ4v) is 4.74. The number of hydrogen-bond acceptors (Lipinski definition) is 6. The minimum Gasteiger partial charge on any atom is -0.362 e. The number of nitriles is 1. The SMILES string of the molecule is CN(C)c1nc(NC2CCC(CNC(=O)c3ccc(C#N)cc3)CC2)nc2c1CCCC2. The van der Waals surface area contributed by atoms with E-state index in [1.807, 2.05) is 0 Å². The number of carbonyl (C=O) groups is 1. The minimum absolute atomic E-state index is 0.0755. The molecule has 1 aromatic carbocycles. The van der Waals surface area contributed by atoms with Gasteiger partial charge >= 0.3 is 0 Å². The molecule has 0 atom stereocenters. The number of rotatable bonds is 6. The highest BCUT2D eigenvalue weighted by Gasteiger charge is 2.24. The molecule has 0 saturated heterocycles. The van der Waals surface area contributed by atoms with Crippen LogP contribution in [0.4, 0.5) is 11.8 Å². The van der Waals surface area contributed by atoms with Gasteiger partial charge in [-0.3, -0.25) is 4.79 Å². The third kappa shape index (κ3) is 5.18. The van der Waals surface area contributed by atoms with Gasteiger partial charge in [0.15, 0.2) is 0 Å². The topological polar surface area (TPSA) is 93.9 Å². The normalized spacial score (nSPS) is 20.0. The van der Waals surface area contributed by atoms with E-state index < -0.39 is 0 Å². The minimum atomic E-state index is -0.0755. The van der Waals surface area contributed by atoms with E-state index in [9.17, 15) is 4.79 Å². The van der Waals surface area contributed by atoms with E-state index in [4.69, 9.17) is 15.2 Å². The predicted molar refractivity (Wildman–Crippen MR) is 126 cm³/mol. The third-order valence-electron chi connectivity index (χ3n) is 6.59. The summed E-state index contributed by atoms with van der Waals surface area (Å²) in [7, 11) is 4.11. The Bertz CT molecular complexity index is 987. The smallest absolute Gasteiger partial charge is 0.251 e. The van der Waals surface area contributed by atoms with E-state index in [1.165, 1.54) is 24.1 Å². The number of nitrogens with one attached hydrogen (secondary N) is 2. The van der Waals surface area contributed by atoms with Crippen LogP contribution in [0.3, 0.4) is 0 Å². The average molecular weight is 433 g/mol. The van der Waals surface area contributed by atoms with Gasteiger partial charge in [-0.15, -0.1) is 0 Å². The van der Waals surface area contributed by atoms with Crippen LogP contribution in [-0.2, 0) is 12.8 Å². The Hall–Kier alpha value is -3.14. The molecule has 2 aromatic rings. The molecule has 1 amide bonds. The lowest BCUT2D eigenvalue weighted by atomic mass is 9.86. The summed E-state index contributed by atoms with van der Waals surface area (Å²) in [4.78, 5) is 24.2. The summed E-state index contributed by atoms with van der Waals surface area (Å²) in [5, 5.41) is 15.5. The van der Waals surface area contributed by atoms with Crippen molar-refractivity contribution in [3.05, 3.63) is 46.6 Å². The Balaban J connectivity index is 1.28. The Morgan fingerprint density at radius 1 is 1.09 bits per heavy atom. The molecule has 32 heavy (non-hydrogen) atoms. The van der Waals surface area contributed by atoms with Gasteiger partial charge in [-0.2, -0.15) is 10.2 Å². The molecule has 0 radical (unpaired) electrons. The molecular formula is C25H32N6O. The van der Waals surface area contributed by atoms with Gasteiger partial charge in [0.1, 0.15) is 5.82 Å². The fourth-order valence-electron chi connectivity index (χ4n) is 4.74. The summed E-state index contributed by atoms with van der Waals surface area (Å²) in [5.41, 5.74) is 3.68. The first-order valence-corrected chi connectivity index (χ1v) is 11.7. The van der Waals surface area contributed by atoms with Crippen molar-refractivity contribution in [2.24, 2.45) is 5.92 Å². The van der Waals surface area contributed by atoms with Crippen molar-refractivity contribution in [2.45, 2.75) is 57.4 Å². The lowest BCUT2D eigenvalue weighted by molar-refractivity contribution is 0.0943. The molecule has 2 aliphatic carbocycles. The first kappa shape index (κ1) is 22.1. The summed E-state index contributed by atoms with van der Waals surface area (Å²) in [6.45, 7) is 0.686. The maximum Gasteiger partial charge on any atom is 0.251 e. The zero-order valence-electron chi connectivity index (χ0n) is 19.0. The number of benzene rings is 1. The molecule has 7 nitrogen and oxygen atoms in total. The standard InChI is InChI=1S/C25H32N6O/c1-31(2)23-21-5-3-4-6-22(21)29-25(30-23)28-20-13-9-18(10-14-20)16-27-24(32)19-11-7-17(15-26)8-12-19/h7-8,11-12,18,20H,3-6,9-10,13-14,16H2,1-2H3,(H,27,32)(H,28,29,30). The lowest BCUT2D eigenvalue weighted by Crippen LogP contribution is -2.34. The summed E-state index contributed by atoms with van der Waals surface area (Å²) >= 11 is 0. The van der Waals surface area contributed by atoms with Gasteiger partial charge in [-0.25, -0.2) is 4.98 Å². The monoisotopic (exact) mass is 432 g/mol. The Labute approximate surface area is 190 Å². The average Bonchev–Trinajstić information content (AvgIpc) is 2.83. The van der Waals surface area contributed by atoms with Crippen LogP contribution in [0.2, 0.25) is 0 Å². The van der Waals surface area contributed by atoms with E-state index >= 15 is 0 Å². The van der Waals surface area contributed by atoms with Crippen molar-refractivity contribution in [1.82, 2.24) is 15.3 Å². The van der Waals surface area contributed by atoms with Gasteiger partial charge in [0.25, 0.3) is 5.91 Å². The van der Waals surface area contributed by atoms with E-state index in [0.717, 1.165) is 50.3 Å². The largest absolute Gasteiger partial charge is 0.362 e. The molecule has 0 bridgehead atoms. The molecule has 2 N–H and O–H groups in total. The quantitative estimate of drug-likeness (QED) is 0.723. The van der Waals surface area contributed by atoms with Crippen LogP contribution in [-0.4, -0.2) is 42.6 Å². The Kier molecular flexibility index (Phi) is 6.89. The molecule has 2 aliphatic rings. The van der Waals surface area contributed by atoms with Gasteiger partial charge < -0.3 is 15.5 Å². The third-order valence-corrected chi connectivity index (χ3v) is 6.59. The lowest BCUT2D eigenvalue weighted by Gasteiger charge is -2.30. The highest BCUT2D eigenvalue weighted by molar-refractivity contribution is 5.94. The van der Waals surface area contributed by atoms with E-state index in [-0.39, 0.29) is 5.91 Å². The molecule has 0 aliphatic heterocycles. The maximum absolute atomic E-state index is 12.4. The summed E-state index contributed by atoms with van der Waals surface area (Å²) in [6.07, 6.45) is 8.77. The molecule has 0 unspecified atom stereocenters. The molecule has 7 heteroatoms. The number of aryl methyl sites for hydroxylation is 1. The number of carbonyl (C=O) groups excluding carboxylic acids is 1. The van der Waals surface area contributed by atoms with Crippen LogP contribution in [0.15, 0.2) is 24.3 Å². The number of fused-ring (bicyclic) bond motifs is 1. The van der Waals surface area contributed by atoms with Gasteiger partial charge in [0.2, 0.25) is 5.95 Å². The van der Waals surface area contributed by atoms with Gasteiger partial charge in [-0.1, -0.05) is 0 Å². The zero-order chi connectivity index (χ0) is 22.5. The first-order valence-electron chi connectivity index (χ1n) is 11.7. The Morgan fingerprint density at radius 3 is 2.50 bits per heavy atom. The molecule has 1 saturated carbocycles. The van der Waals surface area contributed by atoms with Crippen molar-refractivity contribution in [3.63, 3.8) is 0 Å². The van der Waals surface area contributed by atoms with E-state index in [1.54, 1.807) is 24.3 Å². The molecule has 168 valence electrons. The van der Waals surface area contributed by atoms with Gasteiger partial charge in [0, 0.05) is 37.8 Å². The van der Waals surface area contributed by atoms with E-state index in [2.05, 4.69) is 35.7 Å². The predicted octanol–water partition coefficient (Wildman–Crippen LogP) is 3.69. The van der Waals surface area contributed by atoms with Crippen molar-refractivity contribution < 1.29 is 4.79 Å². The number of amides is 1. The maximum atomic E-state index is 12.4. The van der Waals surface area contributed by atoms with Crippen LogP contribution >= 0.6 is 0 Å². The number of aromatic nitrogens is 2. The molecular weight excluding hydrogens is 400 g/mol. The second-order valence-electron chi connectivity index (χ2n) is 9.16. The number of hydrogen-bond donors (Lipinski definition) is 2. The number of nitrogens with zero attached hydrogens (tertiary/aromatic N) is 4. The Morgan fingerprint density at radius 2 is 1.81 bits per heavy atom. The second kappa shape index (κ2) is 9.99. The van der Waals surface area contributed by atoms with Crippen LogP contribution in [0, 0.1) is 17.2 Å². The van der Waals surface area contributed by atoms with Crippen molar-refractivity contribution in [1.29, 1.82) is 5.26 Å². The summed E-state index contributed by atoms with van der Waals surface area (Å²) < 4.78 is 0. The van der Waals surface area contributed by atoms with Gasteiger partial charge in [0.05, 0.1) is 17.3 Å². The molecule has 1 aromatic heterocycles. The zero-order valence-corrected chi connectivity index (χ0v) is 19.0. The summed E-state index contributed by atoms with van der Waals surface area (Å²) in [6, 6.07) is 9.21. The van der Waals surface area contributed by atoms with Crippen LogP contribution in [0.1, 0.15) is 65.7 Å². The van der Waals surface area contributed by atoms with Crippen LogP contribution < -0.4 is 15.5 Å². The second-order valence-corrected chi connectivity index (χ2v) is 9.16. The van der Waals surface area contributed by atoms with Crippen molar-refractivity contribution >= 4 is 17.7 Å². The van der Waals surface area contributed by atoms with Crippen molar-refractivity contribution in [2.75, 3.05) is 30.9 Å². The first-order chi connectivity index (χ1) is 15.5.